The van der Waals surface area contributed by atoms with Crippen molar-refractivity contribution in [3.8, 4) is 5.75 Å². The number of ether oxygens (including phenoxy) is 1. The molecule has 0 saturated heterocycles. The molecule has 0 saturated carbocycles. The van der Waals surface area contributed by atoms with Crippen LogP contribution in [-0.4, -0.2) is 29.4 Å². The van der Waals surface area contributed by atoms with Crippen molar-refractivity contribution in [3.63, 3.8) is 0 Å². The normalized spacial score (nSPS) is 12.4. The van der Waals surface area contributed by atoms with E-state index in [1.165, 1.54) is 0 Å². The molecular formula is C12H19NO2S. The van der Waals surface area contributed by atoms with Gasteiger partial charge in [0.05, 0.1) is 7.11 Å². The lowest BCUT2D eigenvalue weighted by Gasteiger charge is -2.08. The van der Waals surface area contributed by atoms with Crippen molar-refractivity contribution in [2.75, 3.05) is 25.2 Å². The van der Waals surface area contributed by atoms with Crippen molar-refractivity contribution in [2.45, 2.75) is 13.5 Å². The van der Waals surface area contributed by atoms with Crippen LogP contribution in [0.15, 0.2) is 24.3 Å². The largest absolute Gasteiger partial charge is 0.496 e. The molecule has 1 unspecified atom stereocenters. The van der Waals surface area contributed by atoms with Crippen LogP contribution >= 0.6 is 0 Å². The van der Waals surface area contributed by atoms with Gasteiger partial charge in [-0.2, -0.15) is 0 Å². The predicted molar refractivity (Wildman–Crippen MR) is 68.3 cm³/mol. The van der Waals surface area contributed by atoms with Crippen molar-refractivity contribution in [1.29, 1.82) is 0 Å². The molecule has 1 aromatic rings. The number of nitrogens with one attached hydrogen (secondary N) is 1. The van der Waals surface area contributed by atoms with E-state index in [0.29, 0.717) is 5.75 Å². The van der Waals surface area contributed by atoms with Gasteiger partial charge in [-0.05, 0) is 6.07 Å². The van der Waals surface area contributed by atoms with Crippen LogP contribution in [0.4, 0.5) is 0 Å². The van der Waals surface area contributed by atoms with Crippen LogP contribution in [-0.2, 0) is 17.3 Å². The predicted octanol–water partition coefficient (Wildman–Crippen LogP) is 1.55. The summed E-state index contributed by atoms with van der Waals surface area (Å²) in [6.07, 6.45) is 0. The molecular weight excluding hydrogens is 222 g/mol. The highest BCUT2D eigenvalue weighted by atomic mass is 32.2. The summed E-state index contributed by atoms with van der Waals surface area (Å²) in [6.45, 7) is 3.47. The Bertz CT molecular complexity index is 342. The molecule has 0 heterocycles. The molecule has 1 N–H and O–H groups in total. The van der Waals surface area contributed by atoms with E-state index >= 15 is 0 Å². The Hall–Kier alpha value is -0.870. The van der Waals surface area contributed by atoms with Crippen LogP contribution in [0.25, 0.3) is 0 Å². The highest BCUT2D eigenvalue weighted by Crippen LogP contribution is 2.16. The van der Waals surface area contributed by atoms with E-state index in [1.807, 2.05) is 31.2 Å². The SMILES string of the molecule is CCS(=O)CCNCc1ccccc1OC. The third kappa shape index (κ3) is 4.33. The summed E-state index contributed by atoms with van der Waals surface area (Å²) in [5.74, 6) is 2.34. The topological polar surface area (TPSA) is 38.3 Å². The van der Waals surface area contributed by atoms with E-state index in [2.05, 4.69) is 5.32 Å². The van der Waals surface area contributed by atoms with Gasteiger partial charge in [0, 0.05) is 41.0 Å². The molecule has 3 nitrogen and oxygen atoms in total. The lowest BCUT2D eigenvalue weighted by molar-refractivity contribution is 0.408. The van der Waals surface area contributed by atoms with Crippen molar-refractivity contribution in [2.24, 2.45) is 0 Å². The van der Waals surface area contributed by atoms with Crippen molar-refractivity contribution in [3.05, 3.63) is 29.8 Å². The van der Waals surface area contributed by atoms with E-state index in [9.17, 15) is 4.21 Å². The zero-order chi connectivity index (χ0) is 11.8. The molecule has 0 aromatic heterocycles. The first-order chi connectivity index (χ1) is 7.77. The number of benzene rings is 1. The van der Waals surface area contributed by atoms with Crippen molar-refractivity contribution >= 4 is 10.8 Å². The minimum atomic E-state index is -0.686. The second-order valence-electron chi connectivity index (χ2n) is 3.42. The molecule has 0 amide bonds. The van der Waals surface area contributed by atoms with E-state index in [-0.39, 0.29) is 0 Å². The summed E-state index contributed by atoms with van der Waals surface area (Å²) in [5, 5.41) is 3.27. The molecule has 4 heteroatoms. The molecule has 0 aliphatic carbocycles. The van der Waals surface area contributed by atoms with E-state index in [0.717, 1.165) is 30.2 Å². The van der Waals surface area contributed by atoms with Crippen LogP contribution in [0.3, 0.4) is 0 Å². The monoisotopic (exact) mass is 241 g/mol. The van der Waals surface area contributed by atoms with Gasteiger partial charge in [-0.15, -0.1) is 0 Å². The lowest BCUT2D eigenvalue weighted by atomic mass is 10.2. The second-order valence-corrected chi connectivity index (χ2v) is 5.29. The molecule has 90 valence electrons. The third-order valence-electron chi connectivity index (χ3n) is 2.34. The smallest absolute Gasteiger partial charge is 0.123 e. The molecule has 1 atom stereocenters. The van der Waals surface area contributed by atoms with Crippen LogP contribution < -0.4 is 10.1 Å². The Labute approximate surface area is 99.7 Å². The number of hydrogen-bond acceptors (Lipinski definition) is 3. The quantitative estimate of drug-likeness (QED) is 0.736. The summed E-state index contributed by atoms with van der Waals surface area (Å²) in [7, 11) is 0.986. The highest BCUT2D eigenvalue weighted by Gasteiger charge is 2.01. The van der Waals surface area contributed by atoms with Crippen LogP contribution in [0.5, 0.6) is 5.75 Å². The highest BCUT2D eigenvalue weighted by molar-refractivity contribution is 7.84. The Balaban J connectivity index is 2.34. The molecule has 1 aromatic carbocycles. The number of para-hydroxylation sites is 1. The number of rotatable bonds is 7. The fourth-order valence-corrected chi connectivity index (χ4v) is 2.06. The van der Waals surface area contributed by atoms with Gasteiger partial charge in [-0.25, -0.2) is 0 Å². The van der Waals surface area contributed by atoms with Crippen LogP contribution in [0.1, 0.15) is 12.5 Å². The fourth-order valence-electron chi connectivity index (χ4n) is 1.40. The van der Waals surface area contributed by atoms with E-state index in [1.54, 1.807) is 7.11 Å². The van der Waals surface area contributed by atoms with E-state index in [4.69, 9.17) is 4.74 Å². The molecule has 0 aliphatic heterocycles. The van der Waals surface area contributed by atoms with Gasteiger partial charge in [0.25, 0.3) is 0 Å². The molecule has 0 bridgehead atoms. The first kappa shape index (κ1) is 13.2. The summed E-state index contributed by atoms with van der Waals surface area (Å²) < 4.78 is 16.4. The minimum absolute atomic E-state index is 0.686. The van der Waals surface area contributed by atoms with Crippen LogP contribution in [0, 0.1) is 0 Å². The van der Waals surface area contributed by atoms with Gasteiger partial charge in [0.2, 0.25) is 0 Å². The molecule has 0 fully saturated rings. The lowest BCUT2D eigenvalue weighted by Crippen LogP contribution is -2.20. The van der Waals surface area contributed by atoms with Gasteiger partial charge in [0.15, 0.2) is 0 Å². The van der Waals surface area contributed by atoms with Gasteiger partial charge in [0.1, 0.15) is 5.75 Å². The Morgan fingerprint density at radius 1 is 1.38 bits per heavy atom. The maximum Gasteiger partial charge on any atom is 0.123 e. The summed E-state index contributed by atoms with van der Waals surface area (Å²) in [4.78, 5) is 0. The zero-order valence-electron chi connectivity index (χ0n) is 9.86. The zero-order valence-corrected chi connectivity index (χ0v) is 10.7. The first-order valence-electron chi connectivity index (χ1n) is 5.45. The van der Waals surface area contributed by atoms with E-state index < -0.39 is 10.8 Å². The van der Waals surface area contributed by atoms with Crippen molar-refractivity contribution in [1.82, 2.24) is 5.32 Å². The molecule has 0 radical (unpaired) electrons. The van der Waals surface area contributed by atoms with Gasteiger partial charge in [-0.1, -0.05) is 25.1 Å². The number of hydrogen-bond donors (Lipinski definition) is 1. The van der Waals surface area contributed by atoms with Crippen LogP contribution in [0.2, 0.25) is 0 Å². The average molecular weight is 241 g/mol. The molecule has 0 spiro atoms. The maximum atomic E-state index is 11.2. The number of methoxy groups -OCH3 is 1. The Morgan fingerprint density at radius 3 is 2.81 bits per heavy atom. The molecule has 0 aliphatic rings. The van der Waals surface area contributed by atoms with Gasteiger partial charge in [-0.3, -0.25) is 4.21 Å². The molecule has 16 heavy (non-hydrogen) atoms. The molecule has 1 rings (SSSR count). The first-order valence-corrected chi connectivity index (χ1v) is 6.94. The van der Waals surface area contributed by atoms with Gasteiger partial charge < -0.3 is 10.1 Å². The summed E-state index contributed by atoms with van der Waals surface area (Å²) >= 11 is 0. The summed E-state index contributed by atoms with van der Waals surface area (Å²) in [5.41, 5.74) is 1.13. The van der Waals surface area contributed by atoms with Gasteiger partial charge >= 0.3 is 0 Å². The second kappa shape index (κ2) is 7.41. The Morgan fingerprint density at radius 2 is 2.12 bits per heavy atom. The average Bonchev–Trinajstić information content (AvgIpc) is 2.34. The third-order valence-corrected chi connectivity index (χ3v) is 3.64. The summed E-state index contributed by atoms with van der Waals surface area (Å²) in [6, 6.07) is 7.92. The standard InChI is InChI=1S/C12H19NO2S/c1-3-16(14)9-8-13-10-11-6-4-5-7-12(11)15-2/h4-7,13H,3,8-10H2,1-2H3. The minimum Gasteiger partial charge on any atom is -0.496 e. The fraction of sp³-hybridized carbons (Fsp3) is 0.500. The maximum absolute atomic E-state index is 11.2. The Kier molecular flexibility index (Phi) is 6.11. The van der Waals surface area contributed by atoms with Crippen molar-refractivity contribution < 1.29 is 8.95 Å².